The fourth-order valence-electron chi connectivity index (χ4n) is 3.39. The van der Waals surface area contributed by atoms with E-state index in [9.17, 15) is 4.79 Å². The van der Waals surface area contributed by atoms with Gasteiger partial charge in [0.05, 0.1) is 18.2 Å². The molecule has 1 amide bonds. The van der Waals surface area contributed by atoms with Crippen LogP contribution in [0.5, 0.6) is 0 Å². The molecule has 114 valence electrons. The minimum absolute atomic E-state index is 0.0501. The van der Waals surface area contributed by atoms with Gasteiger partial charge in [0.2, 0.25) is 0 Å². The Hall–Kier alpha value is -1.39. The molecule has 2 aliphatic rings. The number of rotatable bonds is 4. The Morgan fingerprint density at radius 3 is 3.00 bits per heavy atom. The van der Waals surface area contributed by atoms with Crippen LogP contribution >= 0.6 is 0 Å². The van der Waals surface area contributed by atoms with Crippen molar-refractivity contribution >= 4 is 5.91 Å². The van der Waals surface area contributed by atoms with Gasteiger partial charge in [0.25, 0.3) is 5.91 Å². The first-order valence-electron chi connectivity index (χ1n) is 7.99. The minimum atomic E-state index is 0.0501. The SMILES string of the molecule is CCNC(c1ccc2c(c1)C(=O)NCC2)C1CCC(C)O1. The molecule has 1 aromatic rings. The monoisotopic (exact) mass is 288 g/mol. The number of amides is 1. The van der Waals surface area contributed by atoms with Gasteiger partial charge in [0.15, 0.2) is 0 Å². The second kappa shape index (κ2) is 6.16. The maximum atomic E-state index is 12.0. The van der Waals surface area contributed by atoms with E-state index in [1.54, 1.807) is 0 Å². The van der Waals surface area contributed by atoms with E-state index in [-0.39, 0.29) is 18.1 Å². The van der Waals surface area contributed by atoms with Gasteiger partial charge >= 0.3 is 0 Å². The molecule has 1 fully saturated rings. The van der Waals surface area contributed by atoms with Gasteiger partial charge in [-0.25, -0.2) is 0 Å². The normalized spacial score (nSPS) is 26.3. The number of carbonyl (C=O) groups is 1. The Morgan fingerprint density at radius 1 is 1.43 bits per heavy atom. The number of fused-ring (bicyclic) bond motifs is 1. The smallest absolute Gasteiger partial charge is 0.251 e. The molecular formula is C17H24N2O2. The molecule has 0 bridgehead atoms. The van der Waals surface area contributed by atoms with Crippen LogP contribution in [0.4, 0.5) is 0 Å². The second-order valence-corrected chi connectivity index (χ2v) is 6.02. The summed E-state index contributed by atoms with van der Waals surface area (Å²) in [7, 11) is 0. The van der Waals surface area contributed by atoms with Gasteiger partial charge in [-0.15, -0.1) is 0 Å². The van der Waals surface area contributed by atoms with Crippen LogP contribution in [-0.4, -0.2) is 31.2 Å². The van der Waals surface area contributed by atoms with Crippen LogP contribution in [0.25, 0.3) is 0 Å². The molecule has 2 aliphatic heterocycles. The van der Waals surface area contributed by atoms with Crippen molar-refractivity contribution in [3.63, 3.8) is 0 Å². The van der Waals surface area contributed by atoms with Crippen molar-refractivity contribution in [2.75, 3.05) is 13.1 Å². The summed E-state index contributed by atoms with van der Waals surface area (Å²) in [4.78, 5) is 12.0. The maximum Gasteiger partial charge on any atom is 0.251 e. The third kappa shape index (κ3) is 2.97. The van der Waals surface area contributed by atoms with Gasteiger partial charge in [-0.2, -0.15) is 0 Å². The van der Waals surface area contributed by atoms with Gasteiger partial charge in [0.1, 0.15) is 0 Å². The zero-order valence-corrected chi connectivity index (χ0v) is 12.8. The molecule has 2 heterocycles. The largest absolute Gasteiger partial charge is 0.373 e. The Labute approximate surface area is 126 Å². The molecule has 0 radical (unpaired) electrons. The van der Waals surface area contributed by atoms with E-state index >= 15 is 0 Å². The average molecular weight is 288 g/mol. The zero-order chi connectivity index (χ0) is 14.8. The molecule has 0 spiro atoms. The predicted octanol–water partition coefficient (Wildman–Crippen LogP) is 2.19. The Bertz CT molecular complexity index is 530. The van der Waals surface area contributed by atoms with E-state index in [0.717, 1.165) is 49.0 Å². The van der Waals surface area contributed by atoms with Crippen molar-refractivity contribution in [2.24, 2.45) is 0 Å². The molecule has 4 nitrogen and oxygen atoms in total. The van der Waals surface area contributed by atoms with E-state index in [2.05, 4.69) is 36.6 Å². The highest BCUT2D eigenvalue weighted by Crippen LogP contribution is 2.31. The third-order valence-electron chi connectivity index (χ3n) is 4.48. The number of carbonyl (C=O) groups excluding carboxylic acids is 1. The summed E-state index contributed by atoms with van der Waals surface area (Å²) in [5.74, 6) is 0.0501. The lowest BCUT2D eigenvalue weighted by Crippen LogP contribution is -2.34. The van der Waals surface area contributed by atoms with Crippen LogP contribution in [0, 0.1) is 0 Å². The van der Waals surface area contributed by atoms with Crippen molar-refractivity contribution in [1.29, 1.82) is 0 Å². The van der Waals surface area contributed by atoms with Crippen LogP contribution < -0.4 is 10.6 Å². The lowest BCUT2D eigenvalue weighted by molar-refractivity contribution is 0.0319. The summed E-state index contributed by atoms with van der Waals surface area (Å²) in [6, 6.07) is 6.46. The van der Waals surface area contributed by atoms with Crippen molar-refractivity contribution in [3.05, 3.63) is 34.9 Å². The molecule has 0 aliphatic carbocycles. The lowest BCUT2D eigenvalue weighted by Gasteiger charge is -2.26. The fraction of sp³-hybridized carbons (Fsp3) is 0.588. The molecule has 3 unspecified atom stereocenters. The first-order valence-corrected chi connectivity index (χ1v) is 7.99. The molecule has 4 heteroatoms. The molecular weight excluding hydrogens is 264 g/mol. The number of ether oxygens (including phenoxy) is 1. The molecule has 0 aromatic heterocycles. The van der Waals surface area contributed by atoms with Crippen molar-refractivity contribution in [3.8, 4) is 0 Å². The summed E-state index contributed by atoms with van der Waals surface area (Å²) in [6.45, 7) is 5.87. The van der Waals surface area contributed by atoms with Crippen LogP contribution in [0.3, 0.4) is 0 Å². The highest BCUT2D eigenvalue weighted by molar-refractivity contribution is 5.96. The van der Waals surface area contributed by atoms with Crippen LogP contribution in [0.2, 0.25) is 0 Å². The summed E-state index contributed by atoms with van der Waals surface area (Å²) in [5, 5.41) is 6.45. The molecule has 0 saturated carbocycles. The molecule has 21 heavy (non-hydrogen) atoms. The van der Waals surface area contributed by atoms with Crippen LogP contribution in [0.15, 0.2) is 18.2 Å². The highest BCUT2D eigenvalue weighted by Gasteiger charge is 2.31. The van der Waals surface area contributed by atoms with E-state index in [1.807, 2.05) is 6.07 Å². The predicted molar refractivity (Wildman–Crippen MR) is 82.5 cm³/mol. The number of likely N-dealkylation sites (N-methyl/N-ethyl adjacent to an activating group) is 1. The first-order chi connectivity index (χ1) is 10.2. The maximum absolute atomic E-state index is 12.0. The Balaban J connectivity index is 1.89. The molecule has 3 rings (SSSR count). The highest BCUT2D eigenvalue weighted by atomic mass is 16.5. The van der Waals surface area contributed by atoms with Crippen LogP contribution in [-0.2, 0) is 11.2 Å². The molecule has 1 aromatic carbocycles. The minimum Gasteiger partial charge on any atom is -0.373 e. The quantitative estimate of drug-likeness (QED) is 0.893. The van der Waals surface area contributed by atoms with Crippen molar-refractivity contribution < 1.29 is 9.53 Å². The second-order valence-electron chi connectivity index (χ2n) is 6.02. The van der Waals surface area contributed by atoms with E-state index < -0.39 is 0 Å². The summed E-state index contributed by atoms with van der Waals surface area (Å²) < 4.78 is 6.04. The van der Waals surface area contributed by atoms with Crippen LogP contribution in [0.1, 0.15) is 54.2 Å². The van der Waals surface area contributed by atoms with Gasteiger partial charge in [0, 0.05) is 12.1 Å². The topological polar surface area (TPSA) is 50.4 Å². The van der Waals surface area contributed by atoms with E-state index in [0.29, 0.717) is 6.10 Å². The van der Waals surface area contributed by atoms with Gasteiger partial charge < -0.3 is 15.4 Å². The van der Waals surface area contributed by atoms with E-state index in [4.69, 9.17) is 4.74 Å². The van der Waals surface area contributed by atoms with Crippen molar-refractivity contribution in [1.82, 2.24) is 10.6 Å². The summed E-state index contributed by atoms with van der Waals surface area (Å²) in [6.07, 6.45) is 3.63. The standard InChI is InChI=1S/C17H24N2O2/c1-3-18-16(15-7-4-11(2)21-15)13-6-5-12-8-9-19-17(20)14(12)10-13/h5-6,10-11,15-16,18H,3-4,7-9H2,1-2H3,(H,19,20). The van der Waals surface area contributed by atoms with Gasteiger partial charge in [-0.1, -0.05) is 19.1 Å². The number of hydrogen-bond acceptors (Lipinski definition) is 3. The first kappa shape index (κ1) is 14.5. The van der Waals surface area contributed by atoms with Gasteiger partial charge in [-0.05, 0) is 49.9 Å². The lowest BCUT2D eigenvalue weighted by atomic mass is 9.92. The zero-order valence-electron chi connectivity index (χ0n) is 12.8. The summed E-state index contributed by atoms with van der Waals surface area (Å²) in [5.41, 5.74) is 3.14. The van der Waals surface area contributed by atoms with Crippen molar-refractivity contribution in [2.45, 2.75) is 51.4 Å². The fourth-order valence-corrected chi connectivity index (χ4v) is 3.39. The van der Waals surface area contributed by atoms with Gasteiger partial charge in [-0.3, -0.25) is 4.79 Å². The third-order valence-corrected chi connectivity index (χ3v) is 4.48. The number of nitrogens with one attached hydrogen (secondary N) is 2. The average Bonchev–Trinajstić information content (AvgIpc) is 2.91. The Kier molecular flexibility index (Phi) is 4.27. The number of benzene rings is 1. The number of hydrogen-bond donors (Lipinski definition) is 2. The molecule has 3 atom stereocenters. The summed E-state index contributed by atoms with van der Waals surface area (Å²) >= 11 is 0. The van der Waals surface area contributed by atoms with E-state index in [1.165, 1.54) is 0 Å². The molecule has 1 saturated heterocycles. The Morgan fingerprint density at radius 2 is 2.29 bits per heavy atom. The molecule has 2 N–H and O–H groups in total.